The zero-order valence-electron chi connectivity index (χ0n) is 29.2. The van der Waals surface area contributed by atoms with E-state index in [9.17, 15) is 0 Å². The predicted octanol–water partition coefficient (Wildman–Crippen LogP) is 12.2. The summed E-state index contributed by atoms with van der Waals surface area (Å²) in [4.78, 5) is 14.9. The van der Waals surface area contributed by atoms with E-state index in [0.717, 1.165) is 49.8 Å². The fourth-order valence-corrected chi connectivity index (χ4v) is 8.64. The van der Waals surface area contributed by atoms with Gasteiger partial charge in [0.1, 0.15) is 11.2 Å². The molecule has 0 saturated heterocycles. The Morgan fingerprint density at radius 1 is 0.509 bits per heavy atom. The second-order valence-electron chi connectivity index (χ2n) is 14.4. The molecule has 5 heteroatoms. The largest absolute Gasteiger partial charge is 0.455 e. The van der Waals surface area contributed by atoms with Crippen LogP contribution in [0.3, 0.4) is 0 Å². The van der Waals surface area contributed by atoms with Crippen LogP contribution in [0.15, 0.2) is 162 Å². The molecule has 10 aromatic rings. The van der Waals surface area contributed by atoms with Crippen molar-refractivity contribution in [2.45, 2.75) is 19.3 Å². The third-order valence-electron chi connectivity index (χ3n) is 11.0. The van der Waals surface area contributed by atoms with Gasteiger partial charge in [-0.1, -0.05) is 135 Å². The monoisotopic (exact) mass is 680 g/mol. The molecule has 0 N–H and O–H groups in total. The molecule has 7 aromatic carbocycles. The molecule has 0 bridgehead atoms. The van der Waals surface area contributed by atoms with Gasteiger partial charge in [0.25, 0.3) is 0 Å². The lowest BCUT2D eigenvalue weighted by Crippen LogP contribution is -2.16. The molecule has 3 heterocycles. The molecule has 3 aromatic heterocycles. The van der Waals surface area contributed by atoms with E-state index in [1.165, 1.54) is 38.5 Å². The molecule has 250 valence electrons. The number of para-hydroxylation sites is 2. The van der Waals surface area contributed by atoms with Gasteiger partial charge in [-0.2, -0.15) is 0 Å². The number of nitrogens with zero attached hydrogens (tertiary/aromatic N) is 4. The molecular formula is C48H32N4O. The highest BCUT2D eigenvalue weighted by atomic mass is 16.3. The van der Waals surface area contributed by atoms with E-state index in [-0.39, 0.29) is 5.41 Å². The quantitative estimate of drug-likeness (QED) is 0.186. The van der Waals surface area contributed by atoms with E-state index in [1.807, 2.05) is 60.7 Å². The van der Waals surface area contributed by atoms with Crippen LogP contribution >= 0.6 is 0 Å². The topological polar surface area (TPSA) is 56.7 Å². The van der Waals surface area contributed by atoms with Crippen molar-refractivity contribution in [3.63, 3.8) is 0 Å². The molecule has 0 fully saturated rings. The number of hydrogen-bond acceptors (Lipinski definition) is 4. The minimum absolute atomic E-state index is 0.255. The van der Waals surface area contributed by atoms with Gasteiger partial charge in [-0.15, -0.1) is 0 Å². The first-order chi connectivity index (χ1) is 26.1. The maximum atomic E-state index is 6.87. The van der Waals surface area contributed by atoms with Gasteiger partial charge in [0.05, 0.1) is 16.4 Å². The van der Waals surface area contributed by atoms with Gasteiger partial charge in [-0.3, -0.25) is 0 Å². The van der Waals surface area contributed by atoms with Gasteiger partial charge < -0.3 is 8.98 Å². The van der Waals surface area contributed by atoms with Gasteiger partial charge in [0.15, 0.2) is 17.5 Å². The molecule has 0 aliphatic heterocycles. The molecule has 0 atom stereocenters. The molecule has 1 aliphatic carbocycles. The summed E-state index contributed by atoms with van der Waals surface area (Å²) in [7, 11) is 0. The van der Waals surface area contributed by atoms with Crippen LogP contribution in [0.25, 0.3) is 94.7 Å². The first kappa shape index (κ1) is 29.8. The molecule has 0 radical (unpaired) electrons. The molecule has 0 saturated carbocycles. The van der Waals surface area contributed by atoms with Crippen molar-refractivity contribution in [3.8, 4) is 51.0 Å². The maximum absolute atomic E-state index is 6.87. The minimum Gasteiger partial charge on any atom is -0.455 e. The summed E-state index contributed by atoms with van der Waals surface area (Å²) in [5.74, 6) is 1.93. The highest BCUT2D eigenvalue weighted by Gasteiger charge is 2.41. The van der Waals surface area contributed by atoms with Crippen molar-refractivity contribution in [3.05, 3.63) is 169 Å². The lowest BCUT2D eigenvalue weighted by Gasteiger charge is -2.24. The third kappa shape index (κ3) is 4.28. The second kappa shape index (κ2) is 11.1. The Labute approximate surface area is 305 Å². The summed E-state index contributed by atoms with van der Waals surface area (Å²) < 4.78 is 9.30. The molecule has 11 rings (SSSR count). The summed E-state index contributed by atoms with van der Waals surface area (Å²) >= 11 is 0. The summed E-state index contributed by atoms with van der Waals surface area (Å²) in [6.45, 7) is 4.73. The Kier molecular flexibility index (Phi) is 6.23. The van der Waals surface area contributed by atoms with Crippen molar-refractivity contribution in [2.24, 2.45) is 0 Å². The van der Waals surface area contributed by atoms with Crippen molar-refractivity contribution in [1.82, 2.24) is 19.5 Å². The average molecular weight is 681 g/mol. The van der Waals surface area contributed by atoms with E-state index in [2.05, 4.69) is 115 Å². The fraction of sp³-hybridized carbons (Fsp3) is 0.0625. The number of hydrogen-bond donors (Lipinski definition) is 0. The van der Waals surface area contributed by atoms with Gasteiger partial charge in [0, 0.05) is 44.0 Å². The van der Waals surface area contributed by atoms with Gasteiger partial charge in [0.2, 0.25) is 0 Å². The summed E-state index contributed by atoms with van der Waals surface area (Å²) in [6, 6.07) is 54.9. The van der Waals surface area contributed by atoms with E-state index in [4.69, 9.17) is 19.4 Å². The molecular weight excluding hydrogens is 649 g/mol. The summed E-state index contributed by atoms with van der Waals surface area (Å²) in [6.07, 6.45) is 0. The number of furan rings is 1. The smallest absolute Gasteiger partial charge is 0.164 e. The van der Waals surface area contributed by atoms with Gasteiger partial charge in [-0.25, -0.2) is 15.0 Å². The third-order valence-corrected chi connectivity index (χ3v) is 11.0. The van der Waals surface area contributed by atoms with Crippen LogP contribution in [0, 0.1) is 0 Å². The highest BCUT2D eigenvalue weighted by molar-refractivity contribution is 6.30. The summed E-state index contributed by atoms with van der Waals surface area (Å²) in [5, 5.41) is 4.66. The molecule has 53 heavy (non-hydrogen) atoms. The zero-order valence-corrected chi connectivity index (χ0v) is 29.2. The predicted molar refractivity (Wildman–Crippen MR) is 215 cm³/mol. The number of benzene rings is 7. The molecule has 0 unspecified atom stereocenters. The second-order valence-corrected chi connectivity index (χ2v) is 14.4. The number of rotatable bonds is 4. The normalized spacial score (nSPS) is 13.2. The number of fused-ring (bicyclic) bond motifs is 12. The van der Waals surface area contributed by atoms with Crippen molar-refractivity contribution in [2.75, 3.05) is 0 Å². The first-order valence-corrected chi connectivity index (χ1v) is 18.0. The Balaban J connectivity index is 1.18. The molecule has 0 spiro atoms. The molecule has 5 nitrogen and oxygen atoms in total. The fourth-order valence-electron chi connectivity index (χ4n) is 8.64. The van der Waals surface area contributed by atoms with Crippen molar-refractivity contribution in [1.29, 1.82) is 0 Å². The highest BCUT2D eigenvalue weighted by Crippen LogP contribution is 2.57. The lowest BCUT2D eigenvalue weighted by molar-refractivity contribution is 0.662. The van der Waals surface area contributed by atoms with Crippen molar-refractivity contribution < 1.29 is 4.42 Å². The minimum atomic E-state index is -0.255. The van der Waals surface area contributed by atoms with E-state index >= 15 is 0 Å². The Morgan fingerprint density at radius 3 is 1.74 bits per heavy atom. The van der Waals surface area contributed by atoms with Gasteiger partial charge >= 0.3 is 0 Å². The Bertz CT molecular complexity index is 3010. The molecule has 0 amide bonds. The van der Waals surface area contributed by atoms with Crippen molar-refractivity contribution >= 4 is 43.7 Å². The van der Waals surface area contributed by atoms with Crippen LogP contribution in [-0.2, 0) is 5.41 Å². The average Bonchev–Trinajstić information content (AvgIpc) is 3.84. The number of aromatic nitrogens is 4. The Hall–Kier alpha value is -6.85. The van der Waals surface area contributed by atoms with Gasteiger partial charge in [-0.05, 0) is 58.7 Å². The standard InChI is InChI=1S/C48H32N4O/c1-48(2)36-22-12-9-19-33(36)39-40-35-21-11-14-24-38(35)53-44(40)41-34-20-10-13-23-37(34)52(43(41)42(39)48)32-27-25-31(26-28-32)47-50-45(29-15-5-3-6-16-29)49-46(51-47)30-17-7-4-8-18-30/h3-28H,1-2H3. The van der Waals surface area contributed by atoms with Crippen LogP contribution in [0.4, 0.5) is 0 Å². The van der Waals surface area contributed by atoms with Crippen LogP contribution in [0.2, 0.25) is 0 Å². The first-order valence-electron chi connectivity index (χ1n) is 18.0. The van der Waals surface area contributed by atoms with Crippen LogP contribution in [0.1, 0.15) is 25.0 Å². The Morgan fingerprint density at radius 2 is 1.06 bits per heavy atom. The zero-order chi connectivity index (χ0) is 35.3. The van der Waals surface area contributed by atoms with Crippen LogP contribution < -0.4 is 0 Å². The van der Waals surface area contributed by atoms with E-state index < -0.39 is 0 Å². The van der Waals surface area contributed by atoms with E-state index in [1.54, 1.807) is 0 Å². The maximum Gasteiger partial charge on any atom is 0.164 e. The summed E-state index contributed by atoms with van der Waals surface area (Å²) in [5.41, 5.74) is 13.0. The molecule has 1 aliphatic rings. The SMILES string of the molecule is CC1(C)c2ccccc2-c2c1c1c(c3ccccc3n1-c1ccc(-c3nc(-c4ccccc4)nc(-c4ccccc4)n3)cc1)c1oc3ccccc3c21. The van der Waals surface area contributed by atoms with Crippen LogP contribution in [0.5, 0.6) is 0 Å². The lowest BCUT2D eigenvalue weighted by atomic mass is 9.81. The van der Waals surface area contributed by atoms with E-state index in [0.29, 0.717) is 17.5 Å². The van der Waals surface area contributed by atoms with Crippen LogP contribution in [-0.4, -0.2) is 19.5 Å².